The molecule has 0 saturated heterocycles. The van der Waals surface area contributed by atoms with Crippen molar-refractivity contribution in [3.05, 3.63) is 113 Å². The van der Waals surface area contributed by atoms with Crippen LogP contribution >= 0.6 is 0 Å². The molecule has 2 heteroatoms. The lowest BCUT2D eigenvalue weighted by atomic mass is 9.73. The highest BCUT2D eigenvalue weighted by Gasteiger charge is 2.43. The third kappa shape index (κ3) is 4.43. The molecule has 4 aliphatic rings. The van der Waals surface area contributed by atoms with E-state index in [1.165, 1.54) is 95.3 Å². The van der Waals surface area contributed by atoms with Crippen molar-refractivity contribution in [2.24, 2.45) is 5.92 Å². The van der Waals surface area contributed by atoms with Gasteiger partial charge in [-0.3, -0.25) is 0 Å². The van der Waals surface area contributed by atoms with E-state index in [9.17, 15) is 0 Å². The standard InChI is InChI=1S/C41H45NO/c1-26-12-14-27(15-13-26)28-16-19-30(20-17-28)42(4)31-21-23-34-33-22-18-29(24-37(33)41(2,3)38(34)25-31)32-9-7-10-36-35-8-5-6-11-39(35)43-40(32)36/h5-6,8,11,16-27,32,36,40H,7,9-10,12-15H2,1-4H3. The van der Waals surface area contributed by atoms with E-state index in [0.717, 1.165) is 17.6 Å². The monoisotopic (exact) mass is 567 g/mol. The van der Waals surface area contributed by atoms with Crippen molar-refractivity contribution >= 4 is 11.4 Å². The Morgan fingerprint density at radius 1 is 0.674 bits per heavy atom. The molecule has 2 nitrogen and oxygen atoms in total. The minimum atomic E-state index is -0.0485. The zero-order valence-corrected chi connectivity index (χ0v) is 26.3. The summed E-state index contributed by atoms with van der Waals surface area (Å²) in [5.41, 5.74) is 12.5. The first kappa shape index (κ1) is 27.1. The normalized spacial score (nSPS) is 26.6. The Morgan fingerprint density at radius 2 is 1.33 bits per heavy atom. The molecule has 0 N–H and O–H groups in total. The topological polar surface area (TPSA) is 12.5 Å². The summed E-state index contributed by atoms with van der Waals surface area (Å²) in [5, 5.41) is 0. The van der Waals surface area contributed by atoms with Gasteiger partial charge in [-0.1, -0.05) is 94.6 Å². The van der Waals surface area contributed by atoms with E-state index in [4.69, 9.17) is 4.74 Å². The van der Waals surface area contributed by atoms with Crippen molar-refractivity contribution in [2.45, 2.75) is 95.0 Å². The summed E-state index contributed by atoms with van der Waals surface area (Å²) >= 11 is 0. The fraction of sp³-hybridized carbons (Fsp3) is 0.415. The van der Waals surface area contributed by atoms with Crippen LogP contribution in [0.15, 0.2) is 84.9 Å². The third-order valence-electron chi connectivity index (χ3n) is 11.7. The Hall–Kier alpha value is -3.52. The Bertz CT molecular complexity index is 1660. The van der Waals surface area contributed by atoms with E-state index in [2.05, 4.69) is 118 Å². The van der Waals surface area contributed by atoms with Crippen LogP contribution in [-0.4, -0.2) is 13.2 Å². The van der Waals surface area contributed by atoms with Gasteiger partial charge in [0.2, 0.25) is 0 Å². The Morgan fingerprint density at radius 3 is 2.12 bits per heavy atom. The molecule has 1 aliphatic heterocycles. The number of anilines is 2. The van der Waals surface area contributed by atoms with Gasteiger partial charge in [0.1, 0.15) is 11.9 Å². The average molecular weight is 568 g/mol. The molecule has 2 saturated carbocycles. The molecule has 0 aromatic heterocycles. The maximum absolute atomic E-state index is 6.64. The van der Waals surface area contributed by atoms with Gasteiger partial charge in [-0.15, -0.1) is 0 Å². The van der Waals surface area contributed by atoms with Gasteiger partial charge in [0.25, 0.3) is 0 Å². The highest BCUT2D eigenvalue weighted by Crippen LogP contribution is 2.54. The number of hydrogen-bond acceptors (Lipinski definition) is 2. The van der Waals surface area contributed by atoms with Crippen LogP contribution in [0.2, 0.25) is 0 Å². The van der Waals surface area contributed by atoms with E-state index in [1.807, 2.05) is 0 Å². The van der Waals surface area contributed by atoms with Gasteiger partial charge >= 0.3 is 0 Å². The predicted octanol–water partition coefficient (Wildman–Crippen LogP) is 10.9. The van der Waals surface area contributed by atoms with E-state index in [0.29, 0.717) is 11.8 Å². The lowest BCUT2D eigenvalue weighted by Crippen LogP contribution is -2.31. The number of benzene rings is 4. The van der Waals surface area contributed by atoms with E-state index >= 15 is 0 Å². The first-order valence-corrected chi connectivity index (χ1v) is 16.8. The summed E-state index contributed by atoms with van der Waals surface area (Å²) in [6.07, 6.45) is 9.36. The van der Waals surface area contributed by atoms with Crippen molar-refractivity contribution < 1.29 is 4.74 Å². The summed E-state index contributed by atoms with van der Waals surface area (Å²) in [5.74, 6) is 3.69. The summed E-state index contributed by atoms with van der Waals surface area (Å²) < 4.78 is 6.64. The SMILES string of the molecule is CC1CCC(c2ccc(N(C)c3ccc4c(c3)C(C)(C)c3cc(C5CCCC6c7ccccc7OC56)ccc3-4)cc2)CC1. The molecule has 4 aromatic carbocycles. The quantitative estimate of drug-likeness (QED) is 0.243. The molecule has 8 rings (SSSR count). The molecule has 3 unspecified atom stereocenters. The molecule has 3 atom stereocenters. The van der Waals surface area contributed by atoms with Crippen LogP contribution in [0.25, 0.3) is 11.1 Å². The zero-order chi connectivity index (χ0) is 29.3. The molecular formula is C41H45NO. The number of ether oxygens (including phenoxy) is 1. The molecule has 43 heavy (non-hydrogen) atoms. The van der Waals surface area contributed by atoms with Crippen molar-refractivity contribution in [1.29, 1.82) is 0 Å². The molecule has 1 heterocycles. The van der Waals surface area contributed by atoms with E-state index < -0.39 is 0 Å². The lowest BCUT2D eigenvalue weighted by Gasteiger charge is -2.34. The highest BCUT2D eigenvalue weighted by atomic mass is 16.5. The summed E-state index contributed by atoms with van der Waals surface area (Å²) in [4.78, 5) is 2.36. The Balaban J connectivity index is 1.05. The van der Waals surface area contributed by atoms with Gasteiger partial charge in [-0.25, -0.2) is 0 Å². The maximum atomic E-state index is 6.64. The molecule has 0 bridgehead atoms. The minimum Gasteiger partial charge on any atom is -0.489 e. The largest absolute Gasteiger partial charge is 0.489 e. The van der Waals surface area contributed by atoms with Gasteiger partial charge < -0.3 is 9.64 Å². The fourth-order valence-electron chi connectivity index (χ4n) is 8.96. The molecule has 0 spiro atoms. The van der Waals surface area contributed by atoms with Crippen LogP contribution < -0.4 is 9.64 Å². The molecule has 0 radical (unpaired) electrons. The second kappa shape index (κ2) is 10.3. The number of nitrogens with zero attached hydrogens (tertiary/aromatic N) is 1. The smallest absolute Gasteiger partial charge is 0.123 e. The number of hydrogen-bond donors (Lipinski definition) is 0. The fourth-order valence-corrected chi connectivity index (χ4v) is 8.96. The highest BCUT2D eigenvalue weighted by molar-refractivity contribution is 5.83. The van der Waals surface area contributed by atoms with Crippen molar-refractivity contribution in [3.63, 3.8) is 0 Å². The van der Waals surface area contributed by atoms with Gasteiger partial charge in [-0.2, -0.15) is 0 Å². The van der Waals surface area contributed by atoms with Crippen molar-refractivity contribution in [1.82, 2.24) is 0 Å². The third-order valence-corrected chi connectivity index (χ3v) is 11.7. The molecule has 2 fully saturated rings. The second-order valence-corrected chi connectivity index (χ2v) is 14.5. The van der Waals surface area contributed by atoms with E-state index in [1.54, 1.807) is 0 Å². The lowest BCUT2D eigenvalue weighted by molar-refractivity contribution is 0.138. The van der Waals surface area contributed by atoms with Crippen LogP contribution in [0.1, 0.15) is 111 Å². The van der Waals surface area contributed by atoms with Crippen LogP contribution in [0, 0.1) is 5.92 Å². The number of rotatable bonds is 4. The summed E-state index contributed by atoms with van der Waals surface area (Å²) in [6, 6.07) is 32.6. The number of para-hydroxylation sites is 1. The molecule has 4 aromatic rings. The zero-order valence-electron chi connectivity index (χ0n) is 26.3. The molecule has 0 amide bonds. The molecular weight excluding hydrogens is 522 g/mol. The minimum absolute atomic E-state index is 0.0485. The van der Waals surface area contributed by atoms with Crippen LogP contribution in [-0.2, 0) is 5.41 Å². The Kier molecular flexibility index (Phi) is 6.48. The van der Waals surface area contributed by atoms with Crippen molar-refractivity contribution in [3.8, 4) is 16.9 Å². The maximum Gasteiger partial charge on any atom is 0.123 e. The van der Waals surface area contributed by atoms with Gasteiger partial charge in [0, 0.05) is 41.2 Å². The predicted molar refractivity (Wildman–Crippen MR) is 179 cm³/mol. The first-order chi connectivity index (χ1) is 20.9. The molecule has 220 valence electrons. The number of fused-ring (bicyclic) bond motifs is 6. The van der Waals surface area contributed by atoms with Crippen LogP contribution in [0.4, 0.5) is 11.4 Å². The second-order valence-electron chi connectivity index (χ2n) is 14.5. The van der Waals surface area contributed by atoms with Crippen molar-refractivity contribution in [2.75, 3.05) is 11.9 Å². The van der Waals surface area contributed by atoms with Gasteiger partial charge in [0.15, 0.2) is 0 Å². The van der Waals surface area contributed by atoms with E-state index in [-0.39, 0.29) is 11.5 Å². The van der Waals surface area contributed by atoms with Crippen LogP contribution in [0.3, 0.4) is 0 Å². The summed E-state index contributed by atoms with van der Waals surface area (Å²) in [7, 11) is 2.21. The summed E-state index contributed by atoms with van der Waals surface area (Å²) in [6.45, 7) is 7.23. The van der Waals surface area contributed by atoms with Crippen LogP contribution in [0.5, 0.6) is 5.75 Å². The van der Waals surface area contributed by atoms with Gasteiger partial charge in [-0.05, 0) is 101 Å². The average Bonchev–Trinajstić information content (AvgIpc) is 3.53. The first-order valence-electron chi connectivity index (χ1n) is 16.8. The molecule has 3 aliphatic carbocycles. The Labute approximate surface area is 258 Å². The van der Waals surface area contributed by atoms with Gasteiger partial charge in [0.05, 0.1) is 0 Å².